The predicted octanol–water partition coefficient (Wildman–Crippen LogP) is 1.86. The Balaban J connectivity index is 2.51. The Morgan fingerprint density at radius 2 is 2.19 bits per heavy atom. The number of hydrogen-bond acceptors (Lipinski definition) is 3. The van der Waals surface area contributed by atoms with Gasteiger partial charge in [-0.1, -0.05) is 13.8 Å². The quantitative estimate of drug-likeness (QED) is 0.754. The third kappa shape index (κ3) is 3.44. The molecule has 1 fully saturated rings. The molecule has 3 nitrogen and oxygen atoms in total. The molecule has 3 heteroatoms. The van der Waals surface area contributed by atoms with Gasteiger partial charge in [-0.25, -0.2) is 0 Å². The zero-order valence-electron chi connectivity index (χ0n) is 11.3. The first-order valence-electron chi connectivity index (χ1n) is 6.49. The molecular weight excluding hydrogens is 200 g/mol. The first-order valence-corrected chi connectivity index (χ1v) is 6.49. The Morgan fingerprint density at radius 3 is 2.62 bits per heavy atom. The number of nitrogens with two attached hydrogens (primary N) is 1. The highest BCUT2D eigenvalue weighted by molar-refractivity contribution is 4.92. The van der Waals surface area contributed by atoms with Crippen LogP contribution in [0.15, 0.2) is 0 Å². The molecule has 1 aliphatic rings. The van der Waals surface area contributed by atoms with Gasteiger partial charge in [0.15, 0.2) is 0 Å². The Kier molecular flexibility index (Phi) is 5.22. The van der Waals surface area contributed by atoms with Gasteiger partial charge in [0.05, 0.1) is 6.10 Å². The van der Waals surface area contributed by atoms with Gasteiger partial charge in [-0.15, -0.1) is 0 Å². The van der Waals surface area contributed by atoms with Gasteiger partial charge in [0.25, 0.3) is 0 Å². The molecule has 0 aromatic carbocycles. The first kappa shape index (κ1) is 13.9. The van der Waals surface area contributed by atoms with Crippen molar-refractivity contribution in [1.82, 2.24) is 4.90 Å². The third-order valence-corrected chi connectivity index (χ3v) is 3.94. The summed E-state index contributed by atoms with van der Waals surface area (Å²) in [5.74, 6) is 0.756. The second kappa shape index (κ2) is 5.99. The van der Waals surface area contributed by atoms with Crippen LogP contribution in [-0.2, 0) is 4.74 Å². The second-order valence-corrected chi connectivity index (χ2v) is 5.73. The van der Waals surface area contributed by atoms with Gasteiger partial charge in [-0.2, -0.15) is 0 Å². The normalized spacial score (nSPS) is 26.2. The van der Waals surface area contributed by atoms with Gasteiger partial charge in [0.2, 0.25) is 0 Å². The van der Waals surface area contributed by atoms with Crippen LogP contribution in [0.5, 0.6) is 0 Å². The minimum atomic E-state index is 0.164. The lowest BCUT2D eigenvalue weighted by atomic mass is 9.90. The van der Waals surface area contributed by atoms with E-state index in [2.05, 4.69) is 25.7 Å². The van der Waals surface area contributed by atoms with Crippen molar-refractivity contribution in [2.75, 3.05) is 26.7 Å². The van der Waals surface area contributed by atoms with E-state index in [1.807, 2.05) is 7.11 Å². The van der Waals surface area contributed by atoms with Crippen LogP contribution in [0.25, 0.3) is 0 Å². The van der Waals surface area contributed by atoms with E-state index in [0.717, 1.165) is 32.0 Å². The van der Waals surface area contributed by atoms with Crippen LogP contribution >= 0.6 is 0 Å². The number of methoxy groups -OCH3 is 1. The van der Waals surface area contributed by atoms with Crippen molar-refractivity contribution in [2.45, 2.75) is 51.7 Å². The lowest BCUT2D eigenvalue weighted by Gasteiger charge is -2.38. The fourth-order valence-corrected chi connectivity index (χ4v) is 2.40. The van der Waals surface area contributed by atoms with Crippen LogP contribution in [0, 0.1) is 5.92 Å². The van der Waals surface area contributed by atoms with E-state index in [-0.39, 0.29) is 5.54 Å². The summed E-state index contributed by atoms with van der Waals surface area (Å²) in [5, 5.41) is 0. The van der Waals surface area contributed by atoms with E-state index in [9.17, 15) is 0 Å². The van der Waals surface area contributed by atoms with Crippen LogP contribution in [0.4, 0.5) is 0 Å². The Bertz CT molecular complexity index is 208. The van der Waals surface area contributed by atoms with Crippen molar-refractivity contribution in [3.63, 3.8) is 0 Å². The molecule has 0 aromatic rings. The molecule has 2 atom stereocenters. The van der Waals surface area contributed by atoms with Gasteiger partial charge in [0.1, 0.15) is 0 Å². The van der Waals surface area contributed by atoms with E-state index < -0.39 is 0 Å². The van der Waals surface area contributed by atoms with Crippen molar-refractivity contribution in [2.24, 2.45) is 11.7 Å². The average Bonchev–Trinajstić information content (AvgIpc) is 2.75. The van der Waals surface area contributed by atoms with E-state index in [1.165, 1.54) is 12.8 Å². The Morgan fingerprint density at radius 1 is 1.50 bits per heavy atom. The van der Waals surface area contributed by atoms with Gasteiger partial charge in [-0.3, -0.25) is 4.90 Å². The zero-order valence-corrected chi connectivity index (χ0v) is 11.3. The average molecular weight is 228 g/mol. The molecule has 2 unspecified atom stereocenters. The second-order valence-electron chi connectivity index (χ2n) is 5.73. The number of likely N-dealkylation sites (tertiary alicyclic amines) is 1. The van der Waals surface area contributed by atoms with Gasteiger partial charge >= 0.3 is 0 Å². The fourth-order valence-electron chi connectivity index (χ4n) is 2.40. The molecule has 0 saturated carbocycles. The smallest absolute Gasteiger partial charge is 0.0710 e. The van der Waals surface area contributed by atoms with E-state index in [0.29, 0.717) is 6.10 Å². The number of hydrogen-bond donors (Lipinski definition) is 1. The van der Waals surface area contributed by atoms with E-state index in [4.69, 9.17) is 10.5 Å². The standard InChI is InChI=1S/C13H28N2O/c1-11(2)5-7-13(3,10-14)15-8-6-12(9-15)16-4/h11-12H,5-10,14H2,1-4H3. The van der Waals surface area contributed by atoms with Crippen LogP contribution in [-0.4, -0.2) is 43.3 Å². The molecule has 0 radical (unpaired) electrons. The van der Waals surface area contributed by atoms with Crippen LogP contribution in [0.2, 0.25) is 0 Å². The summed E-state index contributed by atoms with van der Waals surface area (Å²) < 4.78 is 5.42. The van der Waals surface area contributed by atoms with Crippen molar-refractivity contribution in [3.05, 3.63) is 0 Å². The molecule has 0 amide bonds. The minimum absolute atomic E-state index is 0.164. The van der Waals surface area contributed by atoms with Gasteiger partial charge in [0, 0.05) is 32.3 Å². The molecular formula is C13H28N2O. The molecule has 1 heterocycles. The van der Waals surface area contributed by atoms with Gasteiger partial charge < -0.3 is 10.5 Å². The number of rotatable bonds is 6. The maximum absolute atomic E-state index is 5.98. The summed E-state index contributed by atoms with van der Waals surface area (Å²) in [6, 6.07) is 0. The summed E-state index contributed by atoms with van der Waals surface area (Å²) in [6.45, 7) is 9.77. The molecule has 0 bridgehead atoms. The maximum atomic E-state index is 5.98. The highest BCUT2D eigenvalue weighted by Crippen LogP contribution is 2.27. The number of ether oxygens (including phenoxy) is 1. The SMILES string of the molecule is COC1CCN(C(C)(CN)CCC(C)C)C1. The molecule has 1 rings (SSSR count). The molecule has 0 aromatic heterocycles. The third-order valence-electron chi connectivity index (χ3n) is 3.94. The van der Waals surface area contributed by atoms with Crippen LogP contribution < -0.4 is 5.73 Å². The maximum Gasteiger partial charge on any atom is 0.0710 e. The summed E-state index contributed by atoms with van der Waals surface area (Å²) in [6.07, 6.45) is 4.00. The highest BCUT2D eigenvalue weighted by Gasteiger charge is 2.35. The molecule has 16 heavy (non-hydrogen) atoms. The van der Waals surface area contributed by atoms with E-state index >= 15 is 0 Å². The highest BCUT2D eigenvalue weighted by atomic mass is 16.5. The summed E-state index contributed by atoms with van der Waals surface area (Å²) in [5.41, 5.74) is 6.14. The van der Waals surface area contributed by atoms with Crippen LogP contribution in [0.1, 0.15) is 40.0 Å². The topological polar surface area (TPSA) is 38.5 Å². The van der Waals surface area contributed by atoms with Gasteiger partial charge in [-0.05, 0) is 32.1 Å². The zero-order chi connectivity index (χ0) is 12.2. The fraction of sp³-hybridized carbons (Fsp3) is 1.00. The van der Waals surface area contributed by atoms with Crippen LogP contribution in [0.3, 0.4) is 0 Å². The van der Waals surface area contributed by atoms with Crippen molar-refractivity contribution >= 4 is 0 Å². The summed E-state index contributed by atoms with van der Waals surface area (Å²) in [7, 11) is 1.81. The first-order chi connectivity index (χ1) is 7.51. The molecule has 0 aliphatic carbocycles. The Labute approximate surface area is 100 Å². The lowest BCUT2D eigenvalue weighted by Crippen LogP contribution is -2.51. The predicted molar refractivity (Wildman–Crippen MR) is 68.5 cm³/mol. The molecule has 0 spiro atoms. The summed E-state index contributed by atoms with van der Waals surface area (Å²) in [4.78, 5) is 2.52. The number of nitrogens with zero attached hydrogens (tertiary/aromatic N) is 1. The summed E-state index contributed by atoms with van der Waals surface area (Å²) >= 11 is 0. The molecule has 1 saturated heterocycles. The van der Waals surface area contributed by atoms with Crippen molar-refractivity contribution in [3.8, 4) is 0 Å². The van der Waals surface area contributed by atoms with Crippen molar-refractivity contribution in [1.29, 1.82) is 0 Å². The molecule has 1 aliphatic heterocycles. The monoisotopic (exact) mass is 228 g/mol. The minimum Gasteiger partial charge on any atom is -0.380 e. The molecule has 2 N–H and O–H groups in total. The van der Waals surface area contributed by atoms with Crippen molar-refractivity contribution < 1.29 is 4.74 Å². The lowest BCUT2D eigenvalue weighted by molar-refractivity contribution is 0.0743. The van der Waals surface area contributed by atoms with E-state index in [1.54, 1.807) is 0 Å². The molecule has 96 valence electrons. The largest absolute Gasteiger partial charge is 0.380 e. The Hall–Kier alpha value is -0.120.